The highest BCUT2D eigenvalue weighted by Crippen LogP contribution is 2.25. The highest BCUT2D eigenvalue weighted by molar-refractivity contribution is 7.99. The lowest BCUT2D eigenvalue weighted by molar-refractivity contribution is -0.118. The van der Waals surface area contributed by atoms with Crippen molar-refractivity contribution >= 4 is 17.7 Å². The largest absolute Gasteiger partial charge is 0.492 e. The van der Waals surface area contributed by atoms with Crippen molar-refractivity contribution in [2.24, 2.45) is 0 Å². The van der Waals surface area contributed by atoms with Crippen LogP contribution in [0.15, 0.2) is 53.7 Å². The van der Waals surface area contributed by atoms with Crippen molar-refractivity contribution in [3.8, 4) is 11.4 Å². The van der Waals surface area contributed by atoms with E-state index in [-0.39, 0.29) is 11.7 Å². The molecule has 0 unspecified atom stereocenters. The van der Waals surface area contributed by atoms with Gasteiger partial charge in [0.05, 0.1) is 12.4 Å². The van der Waals surface area contributed by atoms with Crippen molar-refractivity contribution in [2.75, 3.05) is 18.9 Å². The van der Waals surface area contributed by atoms with Gasteiger partial charge in [-0.3, -0.25) is 4.79 Å². The number of hydrogen-bond acceptors (Lipinski definition) is 6. The van der Waals surface area contributed by atoms with Gasteiger partial charge in [-0.25, -0.2) is 0 Å². The molecular formula is C22H27N5O2S. The summed E-state index contributed by atoms with van der Waals surface area (Å²) in [5.74, 6) is 1.41. The zero-order chi connectivity index (χ0) is 21.3. The maximum absolute atomic E-state index is 12.3. The van der Waals surface area contributed by atoms with Crippen LogP contribution in [0.2, 0.25) is 0 Å². The molecule has 30 heavy (non-hydrogen) atoms. The van der Waals surface area contributed by atoms with E-state index in [4.69, 9.17) is 4.74 Å². The van der Waals surface area contributed by atoms with E-state index >= 15 is 0 Å². The van der Waals surface area contributed by atoms with Gasteiger partial charge in [0, 0.05) is 6.54 Å². The zero-order valence-electron chi connectivity index (χ0n) is 17.5. The second-order valence-corrected chi connectivity index (χ2v) is 8.00. The number of tetrazole rings is 1. The lowest BCUT2D eigenvalue weighted by Gasteiger charge is -2.10. The number of carbonyl (C=O) groups is 1. The Hall–Kier alpha value is -2.87. The summed E-state index contributed by atoms with van der Waals surface area (Å²) in [5, 5.41) is 15.4. The predicted octanol–water partition coefficient (Wildman–Crippen LogP) is 3.64. The van der Waals surface area contributed by atoms with Gasteiger partial charge in [0.2, 0.25) is 11.1 Å². The molecule has 0 spiro atoms. The first kappa shape index (κ1) is 21.8. The highest BCUT2D eigenvalue weighted by atomic mass is 32.2. The first-order valence-corrected chi connectivity index (χ1v) is 11.1. The number of aromatic nitrogens is 4. The van der Waals surface area contributed by atoms with Crippen molar-refractivity contribution in [1.82, 2.24) is 25.5 Å². The van der Waals surface area contributed by atoms with E-state index < -0.39 is 0 Å². The molecule has 0 saturated carbocycles. The molecule has 1 amide bonds. The van der Waals surface area contributed by atoms with Gasteiger partial charge >= 0.3 is 0 Å². The van der Waals surface area contributed by atoms with Crippen molar-refractivity contribution < 1.29 is 9.53 Å². The number of ether oxygens (including phenoxy) is 1. The molecule has 3 rings (SSSR count). The van der Waals surface area contributed by atoms with Crippen molar-refractivity contribution in [2.45, 2.75) is 38.3 Å². The summed E-state index contributed by atoms with van der Waals surface area (Å²) < 4.78 is 7.25. The number of benzene rings is 2. The van der Waals surface area contributed by atoms with Crippen LogP contribution in [0.3, 0.4) is 0 Å². The number of hydrogen-bond donors (Lipinski definition) is 1. The third-order valence-corrected chi connectivity index (χ3v) is 5.47. The van der Waals surface area contributed by atoms with Gasteiger partial charge in [-0.05, 0) is 52.9 Å². The van der Waals surface area contributed by atoms with Crippen LogP contribution in [-0.2, 0) is 11.2 Å². The summed E-state index contributed by atoms with van der Waals surface area (Å²) in [6.45, 7) is 7.43. The van der Waals surface area contributed by atoms with E-state index in [1.54, 1.807) is 4.68 Å². The van der Waals surface area contributed by atoms with Crippen LogP contribution in [0.5, 0.6) is 5.75 Å². The van der Waals surface area contributed by atoms with Crippen LogP contribution in [0.25, 0.3) is 5.69 Å². The van der Waals surface area contributed by atoms with E-state index in [9.17, 15) is 4.79 Å². The van der Waals surface area contributed by atoms with Gasteiger partial charge in [0.25, 0.3) is 0 Å². The van der Waals surface area contributed by atoms with E-state index in [1.807, 2.05) is 31.2 Å². The number of para-hydroxylation sites is 2. The third kappa shape index (κ3) is 5.82. The van der Waals surface area contributed by atoms with Crippen LogP contribution in [0, 0.1) is 0 Å². The Morgan fingerprint density at radius 2 is 1.93 bits per heavy atom. The van der Waals surface area contributed by atoms with E-state index in [0.29, 0.717) is 30.0 Å². The Morgan fingerprint density at radius 1 is 1.17 bits per heavy atom. The molecule has 0 saturated heterocycles. The van der Waals surface area contributed by atoms with Gasteiger partial charge in [-0.2, -0.15) is 4.68 Å². The summed E-state index contributed by atoms with van der Waals surface area (Å²) in [6.07, 6.45) is 0.800. The standard InChI is InChI=1S/C22H27N5O2S/c1-4-29-20-8-6-5-7-19(20)27-22(24-25-26-27)30-15-21(28)23-14-13-17-9-11-18(12-10-17)16(2)3/h5-12,16H,4,13-15H2,1-3H3,(H,23,28). The van der Waals surface area contributed by atoms with E-state index in [2.05, 4.69) is 59.0 Å². The highest BCUT2D eigenvalue weighted by Gasteiger charge is 2.14. The maximum atomic E-state index is 12.3. The lowest BCUT2D eigenvalue weighted by Crippen LogP contribution is -2.27. The van der Waals surface area contributed by atoms with Gasteiger partial charge in [0.15, 0.2) is 0 Å². The van der Waals surface area contributed by atoms with Crippen LogP contribution >= 0.6 is 11.8 Å². The van der Waals surface area contributed by atoms with Gasteiger partial charge < -0.3 is 10.1 Å². The molecular weight excluding hydrogens is 398 g/mol. The summed E-state index contributed by atoms with van der Waals surface area (Å²) in [5.41, 5.74) is 3.28. The minimum atomic E-state index is -0.0496. The second kappa shape index (κ2) is 10.8. The summed E-state index contributed by atoms with van der Waals surface area (Å²) >= 11 is 1.29. The number of rotatable bonds is 10. The Bertz CT molecular complexity index is 956. The van der Waals surface area contributed by atoms with Gasteiger partial charge in [-0.1, -0.05) is 62.0 Å². The fourth-order valence-corrected chi connectivity index (χ4v) is 3.64. The number of amides is 1. The minimum absolute atomic E-state index is 0.0496. The van der Waals surface area contributed by atoms with Crippen molar-refractivity contribution in [3.63, 3.8) is 0 Å². The SMILES string of the molecule is CCOc1ccccc1-n1nnnc1SCC(=O)NCCc1ccc(C(C)C)cc1. The summed E-state index contributed by atoms with van der Waals surface area (Å²) in [4.78, 5) is 12.3. The Balaban J connectivity index is 1.51. The monoisotopic (exact) mass is 425 g/mol. The number of carbonyl (C=O) groups excluding carboxylic acids is 1. The number of nitrogens with one attached hydrogen (secondary N) is 1. The molecule has 3 aromatic rings. The normalized spacial score (nSPS) is 10.9. The Labute approximate surface area is 181 Å². The molecule has 2 aromatic carbocycles. The van der Waals surface area contributed by atoms with Crippen LogP contribution in [0.4, 0.5) is 0 Å². The molecule has 0 radical (unpaired) electrons. The minimum Gasteiger partial charge on any atom is -0.492 e. The molecule has 158 valence electrons. The first-order valence-electron chi connectivity index (χ1n) is 10.1. The average Bonchev–Trinajstić information content (AvgIpc) is 3.22. The zero-order valence-corrected chi connectivity index (χ0v) is 18.4. The summed E-state index contributed by atoms with van der Waals surface area (Å²) in [7, 11) is 0. The molecule has 0 fully saturated rings. The van der Waals surface area contributed by atoms with E-state index in [0.717, 1.165) is 12.1 Å². The van der Waals surface area contributed by atoms with Crippen LogP contribution in [-0.4, -0.2) is 45.0 Å². The van der Waals surface area contributed by atoms with E-state index in [1.165, 1.54) is 22.9 Å². The van der Waals surface area contributed by atoms with Crippen molar-refractivity contribution in [3.05, 3.63) is 59.7 Å². The maximum Gasteiger partial charge on any atom is 0.230 e. The topological polar surface area (TPSA) is 81.9 Å². The molecule has 1 heterocycles. The fourth-order valence-electron chi connectivity index (χ4n) is 2.93. The molecule has 0 aliphatic rings. The molecule has 8 heteroatoms. The van der Waals surface area contributed by atoms with Crippen molar-refractivity contribution in [1.29, 1.82) is 0 Å². The number of nitrogens with zero attached hydrogens (tertiary/aromatic N) is 4. The van der Waals surface area contributed by atoms with Gasteiger partial charge in [0.1, 0.15) is 11.4 Å². The third-order valence-electron chi connectivity index (χ3n) is 4.55. The summed E-state index contributed by atoms with van der Waals surface area (Å²) in [6, 6.07) is 16.1. The molecule has 7 nitrogen and oxygen atoms in total. The molecule has 0 atom stereocenters. The van der Waals surface area contributed by atoms with Gasteiger partial charge in [-0.15, -0.1) is 5.10 Å². The quantitative estimate of drug-likeness (QED) is 0.500. The molecule has 0 bridgehead atoms. The molecule has 0 aliphatic carbocycles. The Kier molecular flexibility index (Phi) is 7.84. The Morgan fingerprint density at radius 3 is 2.67 bits per heavy atom. The van der Waals surface area contributed by atoms with Crippen LogP contribution in [0.1, 0.15) is 37.8 Å². The lowest BCUT2D eigenvalue weighted by atomic mass is 10.0. The molecule has 1 aromatic heterocycles. The number of thioether (sulfide) groups is 1. The fraction of sp³-hybridized carbons (Fsp3) is 0.364. The van der Waals surface area contributed by atoms with Crippen LogP contribution < -0.4 is 10.1 Å². The second-order valence-electron chi connectivity index (χ2n) is 7.06. The smallest absolute Gasteiger partial charge is 0.230 e. The molecule has 1 N–H and O–H groups in total. The predicted molar refractivity (Wildman–Crippen MR) is 118 cm³/mol. The first-order chi connectivity index (χ1) is 14.6. The molecule has 0 aliphatic heterocycles. The average molecular weight is 426 g/mol.